The average molecular weight is 631 g/mol. The Hall–Kier alpha value is -2.31. The predicted octanol–water partition coefficient (Wildman–Crippen LogP) is 8.22. The zero-order valence-corrected chi connectivity index (χ0v) is 27.3. The number of halogens is 1. The number of benzene rings is 2. The number of aromatic nitrogens is 1. The van der Waals surface area contributed by atoms with Crippen LogP contribution in [-0.2, 0) is 25.6 Å². The topological polar surface area (TPSA) is 57.5 Å². The normalized spacial score (nSPS) is 13.6. The number of rotatable bonds is 12. The van der Waals surface area contributed by atoms with E-state index in [0.29, 0.717) is 35.2 Å². The van der Waals surface area contributed by atoms with Gasteiger partial charge in [0.2, 0.25) is 8.32 Å². The highest BCUT2D eigenvalue weighted by molar-refractivity contribution is 9.10. The molecule has 0 saturated carbocycles. The van der Waals surface area contributed by atoms with E-state index in [2.05, 4.69) is 63.4 Å². The summed E-state index contributed by atoms with van der Waals surface area (Å²) in [6.07, 6.45) is 10.7. The molecule has 1 aromatic heterocycles. The van der Waals surface area contributed by atoms with Crippen LogP contribution < -0.4 is 0 Å². The highest BCUT2D eigenvalue weighted by atomic mass is 79.9. The summed E-state index contributed by atoms with van der Waals surface area (Å²) in [6, 6.07) is 12.4. The van der Waals surface area contributed by atoms with Gasteiger partial charge in [0.15, 0.2) is 6.10 Å². The van der Waals surface area contributed by atoms with Crippen molar-refractivity contribution in [3.63, 3.8) is 0 Å². The monoisotopic (exact) mass is 629 g/mol. The second-order valence-electron chi connectivity index (χ2n) is 10.9. The fourth-order valence-electron chi connectivity index (χ4n) is 5.70. The Balaban J connectivity index is 1.83. The fourth-order valence-corrected chi connectivity index (χ4v) is 13.1. The molecule has 0 aliphatic rings. The van der Waals surface area contributed by atoms with Gasteiger partial charge in [-0.2, -0.15) is 0 Å². The summed E-state index contributed by atoms with van der Waals surface area (Å²) >= 11 is 3.60. The van der Waals surface area contributed by atoms with Crippen molar-refractivity contribution in [1.29, 1.82) is 0 Å². The van der Waals surface area contributed by atoms with Crippen molar-refractivity contribution < 1.29 is 17.6 Å². The molecule has 0 aliphatic heterocycles. The zero-order chi connectivity index (χ0) is 29.0. The number of aryl methyl sites for hydroxylation is 1. The molecule has 1 atom stereocenters. The molecule has 1 unspecified atom stereocenters. The van der Waals surface area contributed by atoms with Crippen LogP contribution in [0.5, 0.6) is 0 Å². The lowest BCUT2D eigenvalue weighted by molar-refractivity contribution is 0.192. The minimum Gasteiger partial charge on any atom is -0.485 e. The van der Waals surface area contributed by atoms with E-state index in [4.69, 9.17) is 15.6 Å². The minimum atomic E-state index is -3.80. The molecule has 0 amide bonds. The quantitative estimate of drug-likeness (QED) is 0.115. The maximum Gasteiger partial charge on any atom is 0.268 e. The third-order valence-electron chi connectivity index (χ3n) is 7.47. The molecule has 2 aromatic carbocycles. The van der Waals surface area contributed by atoms with Crippen LogP contribution in [-0.4, -0.2) is 33.4 Å². The highest BCUT2D eigenvalue weighted by Gasteiger charge is 2.44. The Morgan fingerprint density at radius 2 is 1.64 bits per heavy atom. The summed E-state index contributed by atoms with van der Waals surface area (Å²) in [4.78, 5) is 0.230. The van der Waals surface area contributed by atoms with Crippen molar-refractivity contribution >= 4 is 45.2 Å². The van der Waals surface area contributed by atoms with Gasteiger partial charge < -0.3 is 9.16 Å². The molecular weight excluding hydrogens is 590 g/mol. The van der Waals surface area contributed by atoms with Gasteiger partial charge in [0.25, 0.3) is 10.0 Å². The second kappa shape index (κ2) is 12.9. The molecule has 3 rings (SSSR count). The fraction of sp³-hybridized carbons (Fsp3) is 0.419. The van der Waals surface area contributed by atoms with Crippen molar-refractivity contribution in [1.82, 2.24) is 3.97 Å². The van der Waals surface area contributed by atoms with Crippen LogP contribution in [0, 0.1) is 19.3 Å². The molecule has 0 bridgehead atoms. The largest absolute Gasteiger partial charge is 0.485 e. The Bertz CT molecular complexity index is 1430. The Morgan fingerprint density at radius 1 is 1.03 bits per heavy atom. The molecule has 5 nitrogen and oxygen atoms in total. The van der Waals surface area contributed by atoms with Crippen molar-refractivity contribution in [2.45, 2.75) is 82.5 Å². The van der Waals surface area contributed by atoms with E-state index in [1.54, 1.807) is 42.8 Å². The van der Waals surface area contributed by atoms with Crippen LogP contribution in [0.25, 0.3) is 10.9 Å². The first-order valence-electron chi connectivity index (χ1n) is 13.4. The lowest BCUT2D eigenvalue weighted by atomic mass is 10.1. The zero-order valence-electron chi connectivity index (χ0n) is 23.9. The van der Waals surface area contributed by atoms with Gasteiger partial charge in [-0.15, -0.1) is 6.42 Å². The van der Waals surface area contributed by atoms with Gasteiger partial charge in [-0.3, -0.25) is 0 Å². The van der Waals surface area contributed by atoms with Crippen molar-refractivity contribution in [3.05, 3.63) is 76.6 Å². The minimum absolute atomic E-state index is 0.230. The number of fused-ring (bicyclic) bond motifs is 1. The van der Waals surface area contributed by atoms with Gasteiger partial charge in [0.1, 0.15) is 0 Å². The van der Waals surface area contributed by atoms with Gasteiger partial charge in [-0.1, -0.05) is 87.2 Å². The molecule has 1 heterocycles. The number of ether oxygens (including phenoxy) is 1. The molecule has 0 aliphatic carbocycles. The average Bonchev–Trinajstić information content (AvgIpc) is 3.25. The molecule has 0 saturated heterocycles. The van der Waals surface area contributed by atoms with Crippen LogP contribution in [0.3, 0.4) is 0 Å². The maximum absolute atomic E-state index is 13.6. The molecule has 0 spiro atoms. The van der Waals surface area contributed by atoms with Gasteiger partial charge in [-0.05, 0) is 59.5 Å². The van der Waals surface area contributed by atoms with E-state index in [1.807, 2.05) is 25.1 Å². The molecule has 0 fully saturated rings. The standard InChI is InChI=1S/C31H40BrNO4SSi/c1-9-27(36-18-11-19-37-39(22(2)3,23(4)5)24(6)7)20-26-21-33(30-13-10-12-29(32)31(26)30)38(34,35)28-16-14-25(8)15-17-28/h1,10-18,21-24,27H,19-20H2,2-8H3/b18-11+. The Kier molecular flexibility index (Phi) is 10.3. The van der Waals surface area contributed by atoms with E-state index in [9.17, 15) is 8.42 Å². The summed E-state index contributed by atoms with van der Waals surface area (Å²) < 4.78 is 41.7. The smallest absolute Gasteiger partial charge is 0.268 e. The number of hydrogen-bond acceptors (Lipinski definition) is 4. The maximum atomic E-state index is 13.6. The van der Waals surface area contributed by atoms with Gasteiger partial charge in [-0.25, -0.2) is 12.4 Å². The molecule has 0 N–H and O–H groups in total. The van der Waals surface area contributed by atoms with Gasteiger partial charge >= 0.3 is 0 Å². The Morgan fingerprint density at radius 3 is 2.21 bits per heavy atom. The number of terminal acetylenes is 1. The third-order valence-corrected chi connectivity index (χ3v) is 15.9. The number of nitrogens with zero attached hydrogens (tertiary/aromatic N) is 1. The molecule has 3 aromatic rings. The first-order chi connectivity index (χ1) is 18.4. The lowest BCUT2D eigenvalue weighted by Gasteiger charge is -2.41. The predicted molar refractivity (Wildman–Crippen MR) is 167 cm³/mol. The van der Waals surface area contributed by atoms with Crippen molar-refractivity contribution in [3.8, 4) is 12.3 Å². The SMILES string of the molecule is C#CC(Cc1cn(S(=O)(=O)c2ccc(C)cc2)c2cccc(Br)c12)O/C=C/CO[Si](C(C)C)(C(C)C)C(C)C. The van der Waals surface area contributed by atoms with E-state index in [0.717, 1.165) is 21.0 Å². The van der Waals surface area contributed by atoms with Crippen molar-refractivity contribution in [2.24, 2.45) is 0 Å². The van der Waals surface area contributed by atoms with Gasteiger partial charge in [0, 0.05) is 22.5 Å². The first kappa shape index (κ1) is 31.2. The first-order valence-corrected chi connectivity index (χ1v) is 17.7. The summed E-state index contributed by atoms with van der Waals surface area (Å²) in [5, 5.41) is 0.797. The van der Waals surface area contributed by atoms with E-state index in [1.165, 1.54) is 3.97 Å². The van der Waals surface area contributed by atoms with Crippen LogP contribution in [0.4, 0.5) is 0 Å². The number of hydrogen-bond donors (Lipinski definition) is 0. The van der Waals surface area contributed by atoms with Gasteiger partial charge in [0.05, 0.1) is 23.3 Å². The third kappa shape index (κ3) is 6.54. The van der Waals surface area contributed by atoms with Crippen LogP contribution in [0.1, 0.15) is 52.7 Å². The van der Waals surface area contributed by atoms with E-state index >= 15 is 0 Å². The lowest BCUT2D eigenvalue weighted by Crippen LogP contribution is -2.47. The second-order valence-corrected chi connectivity index (χ2v) is 19.0. The summed E-state index contributed by atoms with van der Waals surface area (Å²) in [6.45, 7) is 15.9. The molecule has 0 radical (unpaired) electrons. The van der Waals surface area contributed by atoms with Crippen LogP contribution >= 0.6 is 15.9 Å². The summed E-state index contributed by atoms with van der Waals surface area (Å²) in [5.41, 5.74) is 3.85. The molecule has 8 heteroatoms. The van der Waals surface area contributed by atoms with E-state index in [-0.39, 0.29) is 4.90 Å². The Labute approximate surface area is 243 Å². The van der Waals surface area contributed by atoms with E-state index < -0.39 is 24.4 Å². The molecule has 39 heavy (non-hydrogen) atoms. The summed E-state index contributed by atoms with van der Waals surface area (Å²) in [7, 11) is -5.77. The molecular formula is C31H40BrNO4SSi. The van der Waals surface area contributed by atoms with Crippen molar-refractivity contribution in [2.75, 3.05) is 6.61 Å². The molecule has 210 valence electrons. The highest BCUT2D eigenvalue weighted by Crippen LogP contribution is 2.42. The van der Waals surface area contributed by atoms with Crippen LogP contribution in [0.2, 0.25) is 16.6 Å². The summed E-state index contributed by atoms with van der Waals surface area (Å²) in [5.74, 6) is 2.70. The van der Waals surface area contributed by atoms with Crippen LogP contribution in [0.15, 0.2) is 70.4 Å².